The second-order valence-electron chi connectivity index (χ2n) is 3.89. The number of esters is 1. The lowest BCUT2D eigenvalue weighted by Gasteiger charge is -2.11. The highest BCUT2D eigenvalue weighted by molar-refractivity contribution is 5.99. The third-order valence-corrected chi connectivity index (χ3v) is 2.60. The molecule has 1 unspecified atom stereocenters. The first-order chi connectivity index (χ1) is 8.61. The number of carbonyl (C=O) groups excluding carboxylic acids is 2. The van der Waals surface area contributed by atoms with Gasteiger partial charge in [0.2, 0.25) is 0 Å². The Balaban J connectivity index is 2.15. The average molecular weight is 247 g/mol. The van der Waals surface area contributed by atoms with Crippen molar-refractivity contribution < 1.29 is 14.3 Å². The van der Waals surface area contributed by atoms with E-state index in [1.807, 2.05) is 0 Å². The molecule has 0 bridgehead atoms. The van der Waals surface area contributed by atoms with Crippen molar-refractivity contribution in [3.05, 3.63) is 30.0 Å². The number of nitrogens with one attached hydrogen (secondary N) is 2. The van der Waals surface area contributed by atoms with E-state index in [9.17, 15) is 9.59 Å². The van der Waals surface area contributed by atoms with E-state index < -0.39 is 12.0 Å². The zero-order valence-corrected chi connectivity index (χ0v) is 10.1. The minimum Gasteiger partial charge on any atom is -0.467 e. The van der Waals surface area contributed by atoms with Gasteiger partial charge in [-0.15, -0.1) is 0 Å². The molecule has 1 heterocycles. The normalized spacial score (nSPS) is 12.1. The summed E-state index contributed by atoms with van der Waals surface area (Å²) in [5, 5.41) is 10.1. The lowest BCUT2D eigenvalue weighted by molar-refractivity contribution is -0.142. The maximum Gasteiger partial charge on any atom is 0.328 e. The maximum atomic E-state index is 11.9. The highest BCUT2D eigenvalue weighted by Crippen LogP contribution is 2.12. The molecule has 0 saturated carbocycles. The molecular formula is C12H13N3O3. The molecule has 0 spiro atoms. The van der Waals surface area contributed by atoms with Crippen LogP contribution in [0.15, 0.2) is 24.4 Å². The Bertz CT molecular complexity index is 591. The smallest absolute Gasteiger partial charge is 0.328 e. The van der Waals surface area contributed by atoms with Gasteiger partial charge in [0, 0.05) is 10.9 Å². The van der Waals surface area contributed by atoms with Crippen LogP contribution >= 0.6 is 0 Å². The van der Waals surface area contributed by atoms with E-state index in [1.54, 1.807) is 31.3 Å². The summed E-state index contributed by atoms with van der Waals surface area (Å²) >= 11 is 0. The van der Waals surface area contributed by atoms with Crippen LogP contribution in [0.25, 0.3) is 10.9 Å². The van der Waals surface area contributed by atoms with Gasteiger partial charge in [0.05, 0.1) is 18.8 Å². The molecule has 0 aliphatic heterocycles. The molecule has 6 heteroatoms. The van der Waals surface area contributed by atoms with Gasteiger partial charge in [-0.2, -0.15) is 5.10 Å². The van der Waals surface area contributed by atoms with Crippen LogP contribution in [0.2, 0.25) is 0 Å². The number of carbonyl (C=O) groups is 2. The Morgan fingerprint density at radius 2 is 2.22 bits per heavy atom. The summed E-state index contributed by atoms with van der Waals surface area (Å²) in [5.74, 6) is -0.802. The average Bonchev–Trinajstić information content (AvgIpc) is 2.84. The third-order valence-electron chi connectivity index (χ3n) is 2.60. The van der Waals surface area contributed by atoms with Gasteiger partial charge in [-0.3, -0.25) is 9.89 Å². The highest BCUT2D eigenvalue weighted by atomic mass is 16.5. The number of nitrogens with zero attached hydrogens (tertiary/aromatic N) is 1. The number of hydrogen-bond donors (Lipinski definition) is 2. The summed E-state index contributed by atoms with van der Waals surface area (Å²) < 4.78 is 4.54. The number of rotatable bonds is 3. The first kappa shape index (κ1) is 12.1. The molecule has 2 N–H and O–H groups in total. The quantitative estimate of drug-likeness (QED) is 0.788. The number of benzene rings is 1. The lowest BCUT2D eigenvalue weighted by atomic mass is 10.1. The van der Waals surface area contributed by atoms with Crippen molar-refractivity contribution in [2.24, 2.45) is 0 Å². The van der Waals surface area contributed by atoms with Crippen LogP contribution in [0.4, 0.5) is 0 Å². The fourth-order valence-corrected chi connectivity index (χ4v) is 1.60. The van der Waals surface area contributed by atoms with Gasteiger partial charge < -0.3 is 10.1 Å². The van der Waals surface area contributed by atoms with Crippen molar-refractivity contribution in [3.63, 3.8) is 0 Å². The van der Waals surface area contributed by atoms with Gasteiger partial charge in [0.1, 0.15) is 6.04 Å². The summed E-state index contributed by atoms with van der Waals surface area (Å²) in [7, 11) is 1.28. The van der Waals surface area contributed by atoms with Crippen molar-refractivity contribution in [3.8, 4) is 0 Å². The third kappa shape index (κ3) is 2.32. The Labute approximate surface area is 103 Å². The van der Waals surface area contributed by atoms with E-state index in [0.29, 0.717) is 5.56 Å². The molecule has 0 radical (unpaired) electrons. The zero-order valence-electron chi connectivity index (χ0n) is 10.1. The molecule has 0 aliphatic carbocycles. The fourth-order valence-electron chi connectivity index (χ4n) is 1.60. The summed E-state index contributed by atoms with van der Waals surface area (Å²) in [6.45, 7) is 1.57. The number of amides is 1. The van der Waals surface area contributed by atoms with E-state index in [0.717, 1.165) is 10.9 Å². The monoisotopic (exact) mass is 247 g/mol. The van der Waals surface area contributed by atoms with E-state index in [1.165, 1.54) is 7.11 Å². The minimum atomic E-state index is -0.678. The predicted octanol–water partition coefficient (Wildman–Crippen LogP) is 0.854. The van der Waals surface area contributed by atoms with Crippen LogP contribution in [-0.2, 0) is 9.53 Å². The van der Waals surface area contributed by atoms with Crippen molar-refractivity contribution in [2.45, 2.75) is 13.0 Å². The molecular weight excluding hydrogens is 234 g/mol. The highest BCUT2D eigenvalue weighted by Gasteiger charge is 2.16. The Morgan fingerprint density at radius 3 is 2.94 bits per heavy atom. The Kier molecular flexibility index (Phi) is 3.27. The topological polar surface area (TPSA) is 84.1 Å². The molecule has 18 heavy (non-hydrogen) atoms. The van der Waals surface area contributed by atoms with Gasteiger partial charge in [-0.25, -0.2) is 4.79 Å². The second kappa shape index (κ2) is 4.87. The number of ether oxygens (including phenoxy) is 1. The first-order valence-electron chi connectivity index (χ1n) is 5.43. The second-order valence-corrected chi connectivity index (χ2v) is 3.89. The van der Waals surface area contributed by atoms with Gasteiger partial charge in [0.25, 0.3) is 5.91 Å². The summed E-state index contributed by atoms with van der Waals surface area (Å²) in [6, 6.07) is 4.46. The number of aromatic amines is 1. The molecule has 0 aliphatic rings. The van der Waals surface area contributed by atoms with E-state index >= 15 is 0 Å². The van der Waals surface area contributed by atoms with Crippen LogP contribution in [-0.4, -0.2) is 35.2 Å². The number of methoxy groups -OCH3 is 1. The molecule has 0 fully saturated rings. The van der Waals surface area contributed by atoms with Crippen molar-refractivity contribution in [1.29, 1.82) is 0 Å². The maximum absolute atomic E-state index is 11.9. The Hall–Kier alpha value is -2.37. The molecule has 2 aromatic rings. The summed E-state index contributed by atoms with van der Waals surface area (Å²) in [4.78, 5) is 23.1. The lowest BCUT2D eigenvalue weighted by Crippen LogP contribution is -2.39. The van der Waals surface area contributed by atoms with Crippen LogP contribution in [0.5, 0.6) is 0 Å². The van der Waals surface area contributed by atoms with Crippen LogP contribution in [0, 0.1) is 0 Å². The SMILES string of the molecule is COC(=O)C(C)NC(=O)c1ccc2[nH]ncc2c1. The van der Waals surface area contributed by atoms with Gasteiger partial charge in [-0.05, 0) is 25.1 Å². The van der Waals surface area contributed by atoms with E-state index in [-0.39, 0.29) is 5.91 Å². The zero-order chi connectivity index (χ0) is 13.1. The van der Waals surface area contributed by atoms with E-state index in [2.05, 4.69) is 20.3 Å². The summed E-state index contributed by atoms with van der Waals surface area (Å²) in [6.07, 6.45) is 1.63. The van der Waals surface area contributed by atoms with Gasteiger partial charge in [0.15, 0.2) is 0 Å². The molecule has 1 amide bonds. The standard InChI is InChI=1S/C12H13N3O3/c1-7(12(17)18-2)14-11(16)8-3-4-10-9(5-8)6-13-15-10/h3-7H,1-2H3,(H,13,15)(H,14,16). The molecule has 1 aromatic heterocycles. The molecule has 1 aromatic carbocycles. The first-order valence-corrected chi connectivity index (χ1v) is 5.43. The Morgan fingerprint density at radius 1 is 1.44 bits per heavy atom. The van der Waals surface area contributed by atoms with Crippen molar-refractivity contribution in [1.82, 2.24) is 15.5 Å². The van der Waals surface area contributed by atoms with Gasteiger partial charge in [-0.1, -0.05) is 0 Å². The fraction of sp³-hybridized carbons (Fsp3) is 0.250. The van der Waals surface area contributed by atoms with Crippen LogP contribution in [0.3, 0.4) is 0 Å². The molecule has 94 valence electrons. The number of H-pyrrole nitrogens is 1. The number of hydrogen-bond acceptors (Lipinski definition) is 4. The summed E-state index contributed by atoms with van der Waals surface area (Å²) in [5.41, 5.74) is 1.33. The van der Waals surface area contributed by atoms with Crippen LogP contribution < -0.4 is 5.32 Å². The predicted molar refractivity (Wildman–Crippen MR) is 65.0 cm³/mol. The minimum absolute atomic E-state index is 0.323. The molecule has 1 atom stereocenters. The van der Waals surface area contributed by atoms with Gasteiger partial charge >= 0.3 is 5.97 Å². The van der Waals surface area contributed by atoms with Crippen LogP contribution in [0.1, 0.15) is 17.3 Å². The molecule has 0 saturated heterocycles. The van der Waals surface area contributed by atoms with Crippen molar-refractivity contribution >= 4 is 22.8 Å². The number of fused-ring (bicyclic) bond motifs is 1. The largest absolute Gasteiger partial charge is 0.467 e. The number of aromatic nitrogens is 2. The van der Waals surface area contributed by atoms with Crippen molar-refractivity contribution in [2.75, 3.05) is 7.11 Å². The molecule has 2 rings (SSSR count). The van der Waals surface area contributed by atoms with E-state index in [4.69, 9.17) is 0 Å². The molecule has 6 nitrogen and oxygen atoms in total.